The van der Waals surface area contributed by atoms with Crippen molar-refractivity contribution in [1.82, 2.24) is 9.88 Å². The highest BCUT2D eigenvalue weighted by Gasteiger charge is 2.23. The molecule has 1 amide bonds. The maximum atomic E-state index is 12.4. The SMILES string of the molecule is C[C@H]1CN(CC(=O)Nc2ncc(Cc3cccc4ccccc34)s2)C[C@H](C)O1. The van der Waals surface area contributed by atoms with Crippen LogP contribution in [0, 0.1) is 0 Å². The van der Waals surface area contributed by atoms with Gasteiger partial charge in [0.1, 0.15) is 0 Å². The highest BCUT2D eigenvalue weighted by molar-refractivity contribution is 7.15. The molecule has 0 spiro atoms. The Kier molecular flexibility index (Phi) is 5.71. The normalized spacial score (nSPS) is 20.4. The monoisotopic (exact) mass is 395 g/mol. The van der Waals surface area contributed by atoms with Crippen molar-refractivity contribution in [2.75, 3.05) is 25.0 Å². The second-order valence-corrected chi connectivity index (χ2v) is 8.56. The van der Waals surface area contributed by atoms with Crippen LogP contribution < -0.4 is 5.32 Å². The van der Waals surface area contributed by atoms with E-state index in [1.165, 1.54) is 16.3 Å². The Bertz CT molecular complexity index is 956. The third-order valence-corrected chi connectivity index (χ3v) is 5.82. The van der Waals surface area contributed by atoms with Gasteiger partial charge in [-0.05, 0) is 30.2 Å². The zero-order chi connectivity index (χ0) is 19.5. The zero-order valence-electron chi connectivity index (χ0n) is 16.2. The second-order valence-electron chi connectivity index (χ2n) is 7.45. The molecule has 146 valence electrons. The first kappa shape index (κ1) is 19.1. The molecule has 0 bridgehead atoms. The molecule has 0 unspecified atom stereocenters. The molecule has 0 aliphatic carbocycles. The van der Waals surface area contributed by atoms with Crippen LogP contribution in [0.1, 0.15) is 24.3 Å². The third kappa shape index (κ3) is 4.58. The minimum Gasteiger partial charge on any atom is -0.373 e. The number of ether oxygens (including phenoxy) is 1. The molecule has 6 heteroatoms. The topological polar surface area (TPSA) is 54.5 Å². The number of fused-ring (bicyclic) bond motifs is 1. The molecule has 1 N–H and O–H groups in total. The highest BCUT2D eigenvalue weighted by atomic mass is 32.1. The lowest BCUT2D eigenvalue weighted by Gasteiger charge is -2.34. The Labute approximate surface area is 169 Å². The van der Waals surface area contributed by atoms with Crippen LogP contribution in [-0.2, 0) is 16.0 Å². The van der Waals surface area contributed by atoms with Crippen molar-refractivity contribution in [1.29, 1.82) is 0 Å². The van der Waals surface area contributed by atoms with Gasteiger partial charge in [0.25, 0.3) is 0 Å². The van der Waals surface area contributed by atoms with Crippen LogP contribution in [-0.4, -0.2) is 47.6 Å². The molecule has 28 heavy (non-hydrogen) atoms. The first-order valence-electron chi connectivity index (χ1n) is 9.66. The molecule has 0 saturated carbocycles. The number of anilines is 1. The van der Waals surface area contributed by atoms with Gasteiger partial charge in [0.15, 0.2) is 5.13 Å². The van der Waals surface area contributed by atoms with Crippen LogP contribution in [0.15, 0.2) is 48.7 Å². The Morgan fingerprint density at radius 3 is 2.75 bits per heavy atom. The number of thiazole rings is 1. The van der Waals surface area contributed by atoms with Crippen molar-refractivity contribution < 1.29 is 9.53 Å². The molecule has 1 saturated heterocycles. The van der Waals surface area contributed by atoms with E-state index in [1.54, 1.807) is 11.3 Å². The van der Waals surface area contributed by atoms with E-state index in [-0.39, 0.29) is 18.1 Å². The average Bonchev–Trinajstić information content (AvgIpc) is 3.08. The summed E-state index contributed by atoms with van der Waals surface area (Å²) >= 11 is 1.54. The van der Waals surface area contributed by atoms with Crippen molar-refractivity contribution in [3.05, 3.63) is 59.1 Å². The van der Waals surface area contributed by atoms with Crippen LogP contribution in [0.2, 0.25) is 0 Å². The van der Waals surface area contributed by atoms with E-state index in [9.17, 15) is 4.79 Å². The summed E-state index contributed by atoms with van der Waals surface area (Å²) in [6.45, 7) is 6.02. The summed E-state index contributed by atoms with van der Waals surface area (Å²) in [5.74, 6) is -0.0210. The van der Waals surface area contributed by atoms with Crippen LogP contribution >= 0.6 is 11.3 Å². The van der Waals surface area contributed by atoms with Gasteiger partial charge in [0.05, 0.1) is 18.8 Å². The molecule has 2 atom stereocenters. The fourth-order valence-electron chi connectivity index (χ4n) is 3.86. The molecular formula is C22H25N3O2S. The minimum absolute atomic E-state index is 0.0210. The number of hydrogen-bond acceptors (Lipinski definition) is 5. The van der Waals surface area contributed by atoms with Gasteiger partial charge < -0.3 is 10.1 Å². The van der Waals surface area contributed by atoms with Gasteiger partial charge in [0, 0.05) is 30.6 Å². The summed E-state index contributed by atoms with van der Waals surface area (Å²) < 4.78 is 5.72. The predicted molar refractivity (Wildman–Crippen MR) is 114 cm³/mol. The van der Waals surface area contributed by atoms with E-state index in [1.807, 2.05) is 20.0 Å². The fraction of sp³-hybridized carbons (Fsp3) is 0.364. The largest absolute Gasteiger partial charge is 0.373 e. The maximum Gasteiger partial charge on any atom is 0.240 e. The number of rotatable bonds is 5. The molecule has 3 aromatic rings. The summed E-state index contributed by atoms with van der Waals surface area (Å²) in [7, 11) is 0. The molecule has 1 aliphatic rings. The number of amides is 1. The average molecular weight is 396 g/mol. The van der Waals surface area contributed by atoms with Crippen LogP contribution in [0.3, 0.4) is 0 Å². The molecule has 1 fully saturated rings. The van der Waals surface area contributed by atoms with Gasteiger partial charge in [-0.25, -0.2) is 4.98 Å². The Hall–Kier alpha value is -2.28. The predicted octanol–water partition coefficient (Wildman–Crippen LogP) is 3.93. The number of aromatic nitrogens is 1. The van der Waals surface area contributed by atoms with Gasteiger partial charge in [-0.2, -0.15) is 0 Å². The van der Waals surface area contributed by atoms with E-state index in [0.717, 1.165) is 24.4 Å². The number of morpholine rings is 1. The van der Waals surface area contributed by atoms with Gasteiger partial charge in [0.2, 0.25) is 5.91 Å². The maximum absolute atomic E-state index is 12.4. The molecular weight excluding hydrogens is 370 g/mol. The smallest absolute Gasteiger partial charge is 0.240 e. The van der Waals surface area contributed by atoms with Crippen LogP contribution in [0.25, 0.3) is 10.8 Å². The van der Waals surface area contributed by atoms with Crippen molar-refractivity contribution in [2.45, 2.75) is 32.5 Å². The number of benzene rings is 2. The lowest BCUT2D eigenvalue weighted by molar-refractivity contribution is -0.121. The van der Waals surface area contributed by atoms with Crippen molar-refractivity contribution >= 4 is 33.1 Å². The number of nitrogens with one attached hydrogen (secondary N) is 1. The zero-order valence-corrected chi connectivity index (χ0v) is 17.0. The summed E-state index contributed by atoms with van der Waals surface area (Å²) in [4.78, 5) is 20.1. The quantitative estimate of drug-likeness (QED) is 0.711. The van der Waals surface area contributed by atoms with E-state index >= 15 is 0 Å². The Morgan fingerprint density at radius 1 is 1.18 bits per heavy atom. The fourth-order valence-corrected chi connectivity index (χ4v) is 4.71. The number of hydrogen-bond donors (Lipinski definition) is 1. The van der Waals surface area contributed by atoms with E-state index in [4.69, 9.17) is 4.74 Å². The van der Waals surface area contributed by atoms with Gasteiger partial charge in [-0.3, -0.25) is 9.69 Å². The van der Waals surface area contributed by atoms with E-state index in [2.05, 4.69) is 57.7 Å². The number of carbonyl (C=O) groups is 1. The van der Waals surface area contributed by atoms with Crippen LogP contribution in [0.5, 0.6) is 0 Å². The van der Waals surface area contributed by atoms with Gasteiger partial charge in [-0.1, -0.05) is 42.5 Å². The Morgan fingerprint density at radius 2 is 1.93 bits per heavy atom. The van der Waals surface area contributed by atoms with Gasteiger partial charge in [-0.15, -0.1) is 11.3 Å². The highest BCUT2D eigenvalue weighted by Crippen LogP contribution is 2.25. The standard InChI is InChI=1S/C22H25N3O2S/c1-15-12-25(13-16(2)27-15)14-21(26)24-22-23-11-19(28-22)10-18-8-5-7-17-6-3-4-9-20(17)18/h3-9,11,15-16H,10,12-14H2,1-2H3,(H,23,24,26)/t15-,16-/m0/s1. The molecule has 5 nitrogen and oxygen atoms in total. The third-order valence-electron chi connectivity index (χ3n) is 4.91. The van der Waals surface area contributed by atoms with E-state index < -0.39 is 0 Å². The lowest BCUT2D eigenvalue weighted by atomic mass is 10.0. The van der Waals surface area contributed by atoms with Crippen LogP contribution in [0.4, 0.5) is 5.13 Å². The molecule has 2 aromatic carbocycles. The molecule has 1 aliphatic heterocycles. The molecule has 2 heterocycles. The van der Waals surface area contributed by atoms with E-state index in [0.29, 0.717) is 11.7 Å². The first-order chi connectivity index (χ1) is 13.6. The summed E-state index contributed by atoms with van der Waals surface area (Å²) in [5, 5.41) is 6.12. The van der Waals surface area contributed by atoms with Gasteiger partial charge >= 0.3 is 0 Å². The van der Waals surface area contributed by atoms with Crippen molar-refractivity contribution in [3.63, 3.8) is 0 Å². The molecule has 4 rings (SSSR count). The lowest BCUT2D eigenvalue weighted by Crippen LogP contribution is -2.48. The Balaban J connectivity index is 1.38. The molecule has 0 radical (unpaired) electrons. The first-order valence-corrected chi connectivity index (χ1v) is 10.5. The second kappa shape index (κ2) is 8.39. The number of carbonyl (C=O) groups excluding carboxylic acids is 1. The summed E-state index contributed by atoms with van der Waals surface area (Å²) in [6, 6.07) is 14.8. The van der Waals surface area contributed by atoms with Crippen molar-refractivity contribution in [3.8, 4) is 0 Å². The summed E-state index contributed by atoms with van der Waals surface area (Å²) in [5.41, 5.74) is 1.27. The summed E-state index contributed by atoms with van der Waals surface area (Å²) in [6.07, 6.45) is 2.99. The molecule has 1 aromatic heterocycles. The van der Waals surface area contributed by atoms with Crippen molar-refractivity contribution in [2.24, 2.45) is 0 Å². The number of nitrogens with zero attached hydrogens (tertiary/aromatic N) is 2. The minimum atomic E-state index is -0.0210.